The summed E-state index contributed by atoms with van der Waals surface area (Å²) < 4.78 is 0. The molecule has 1 aliphatic rings. The van der Waals surface area contributed by atoms with E-state index < -0.39 is 12.0 Å². The Bertz CT molecular complexity index is 440. The average Bonchev–Trinajstić information content (AvgIpc) is 2.35. The third-order valence-corrected chi connectivity index (χ3v) is 3.21. The molecule has 0 aliphatic carbocycles. The Labute approximate surface area is 101 Å². The number of carboxylic acid groups (broad SMARTS) is 1. The Morgan fingerprint density at radius 2 is 2.18 bits per heavy atom. The van der Waals surface area contributed by atoms with Crippen molar-refractivity contribution in [2.45, 2.75) is 25.9 Å². The highest BCUT2D eigenvalue weighted by Crippen LogP contribution is 2.23. The molecule has 0 spiro atoms. The molecule has 0 saturated carbocycles. The van der Waals surface area contributed by atoms with E-state index in [0.717, 1.165) is 12.1 Å². The fraction of sp³-hybridized carbons (Fsp3) is 0.357. The second-order valence-corrected chi connectivity index (χ2v) is 4.33. The summed E-state index contributed by atoms with van der Waals surface area (Å²) in [6, 6.07) is 7.68. The highest BCUT2D eigenvalue weighted by molar-refractivity contribution is 5.74. The molecule has 1 aliphatic heterocycles. The van der Waals surface area contributed by atoms with Crippen LogP contribution in [0.25, 0.3) is 0 Å². The van der Waals surface area contributed by atoms with Gasteiger partial charge in [-0.15, -0.1) is 0 Å². The van der Waals surface area contributed by atoms with E-state index in [0.29, 0.717) is 13.0 Å². The van der Waals surface area contributed by atoms with Gasteiger partial charge in [0.1, 0.15) is 6.04 Å². The topological polar surface area (TPSA) is 40.5 Å². The molecule has 3 heteroatoms. The molecule has 1 atom stereocenters. The van der Waals surface area contributed by atoms with Crippen LogP contribution in [-0.2, 0) is 17.8 Å². The lowest BCUT2D eigenvalue weighted by atomic mass is 9.94. The molecule has 0 saturated heterocycles. The fourth-order valence-corrected chi connectivity index (χ4v) is 2.25. The maximum absolute atomic E-state index is 11.3. The van der Waals surface area contributed by atoms with E-state index in [1.165, 1.54) is 5.56 Å². The Balaban J connectivity index is 2.24. The number of carboxylic acids is 1. The largest absolute Gasteiger partial charge is 0.480 e. The summed E-state index contributed by atoms with van der Waals surface area (Å²) in [4.78, 5) is 13.3. The van der Waals surface area contributed by atoms with Crippen LogP contribution >= 0.6 is 0 Å². The Hall–Kier alpha value is -1.61. The Morgan fingerprint density at radius 3 is 2.82 bits per heavy atom. The van der Waals surface area contributed by atoms with Gasteiger partial charge in [-0.25, -0.2) is 0 Å². The molecular formula is C14H17NO2. The van der Waals surface area contributed by atoms with Crippen molar-refractivity contribution >= 4 is 5.97 Å². The highest BCUT2D eigenvalue weighted by atomic mass is 16.4. The van der Waals surface area contributed by atoms with Crippen molar-refractivity contribution in [2.24, 2.45) is 0 Å². The van der Waals surface area contributed by atoms with Gasteiger partial charge in [0, 0.05) is 13.1 Å². The first-order valence-electron chi connectivity index (χ1n) is 5.87. The number of rotatable bonds is 3. The van der Waals surface area contributed by atoms with Crippen LogP contribution in [0.1, 0.15) is 18.1 Å². The van der Waals surface area contributed by atoms with Crippen molar-refractivity contribution in [3.8, 4) is 0 Å². The van der Waals surface area contributed by atoms with E-state index >= 15 is 0 Å². The van der Waals surface area contributed by atoms with Crippen LogP contribution in [0, 0.1) is 0 Å². The maximum atomic E-state index is 11.3. The van der Waals surface area contributed by atoms with Gasteiger partial charge in [0.15, 0.2) is 0 Å². The molecule has 1 aromatic carbocycles. The highest BCUT2D eigenvalue weighted by Gasteiger charge is 2.30. The Morgan fingerprint density at radius 1 is 1.47 bits per heavy atom. The van der Waals surface area contributed by atoms with Crippen molar-refractivity contribution < 1.29 is 9.90 Å². The zero-order chi connectivity index (χ0) is 12.3. The van der Waals surface area contributed by atoms with Gasteiger partial charge in [-0.05, 0) is 24.5 Å². The molecule has 3 nitrogen and oxygen atoms in total. The fourth-order valence-electron chi connectivity index (χ4n) is 2.25. The third kappa shape index (κ3) is 2.56. The molecule has 0 bridgehead atoms. The molecule has 0 amide bonds. The standard InChI is InChI=1S/C14H17NO2/c1-2-3-8-15-10-12-7-5-4-6-11(12)9-13(15)14(16)17/h2-7,13H,8-10H2,1H3,(H,16,17). The molecule has 2 rings (SSSR count). The van der Waals surface area contributed by atoms with Gasteiger partial charge >= 0.3 is 5.97 Å². The van der Waals surface area contributed by atoms with E-state index in [-0.39, 0.29) is 0 Å². The molecule has 1 heterocycles. The summed E-state index contributed by atoms with van der Waals surface area (Å²) in [5.74, 6) is -0.732. The number of benzene rings is 1. The van der Waals surface area contributed by atoms with E-state index in [1.807, 2.05) is 42.2 Å². The first kappa shape index (κ1) is 11.9. The number of hydrogen-bond acceptors (Lipinski definition) is 2. The number of fused-ring (bicyclic) bond motifs is 1. The van der Waals surface area contributed by atoms with Crippen LogP contribution in [0.3, 0.4) is 0 Å². The van der Waals surface area contributed by atoms with Crippen molar-refractivity contribution in [2.75, 3.05) is 6.54 Å². The van der Waals surface area contributed by atoms with Gasteiger partial charge in [0.2, 0.25) is 0 Å². The second kappa shape index (κ2) is 5.15. The van der Waals surface area contributed by atoms with Crippen LogP contribution in [0.15, 0.2) is 36.4 Å². The lowest BCUT2D eigenvalue weighted by Gasteiger charge is -2.33. The van der Waals surface area contributed by atoms with Crippen LogP contribution in [0.5, 0.6) is 0 Å². The first-order chi connectivity index (χ1) is 8.22. The molecular weight excluding hydrogens is 214 g/mol. The number of allylic oxidation sites excluding steroid dienone is 1. The zero-order valence-corrected chi connectivity index (χ0v) is 9.97. The van der Waals surface area contributed by atoms with Crippen molar-refractivity contribution in [1.29, 1.82) is 0 Å². The van der Waals surface area contributed by atoms with Gasteiger partial charge in [0.25, 0.3) is 0 Å². The summed E-state index contributed by atoms with van der Waals surface area (Å²) >= 11 is 0. The molecule has 1 unspecified atom stereocenters. The van der Waals surface area contributed by atoms with Crippen molar-refractivity contribution in [3.05, 3.63) is 47.5 Å². The van der Waals surface area contributed by atoms with Crippen molar-refractivity contribution in [1.82, 2.24) is 4.90 Å². The minimum Gasteiger partial charge on any atom is -0.480 e. The second-order valence-electron chi connectivity index (χ2n) is 4.33. The summed E-state index contributed by atoms with van der Waals surface area (Å²) in [6.45, 7) is 3.37. The lowest BCUT2D eigenvalue weighted by Crippen LogP contribution is -2.45. The third-order valence-electron chi connectivity index (χ3n) is 3.21. The minimum absolute atomic E-state index is 0.402. The monoisotopic (exact) mass is 231 g/mol. The number of nitrogens with zero attached hydrogens (tertiary/aromatic N) is 1. The molecule has 1 aromatic rings. The van der Waals surface area contributed by atoms with Crippen LogP contribution in [0.2, 0.25) is 0 Å². The normalized spacial score (nSPS) is 20.4. The van der Waals surface area contributed by atoms with Crippen LogP contribution < -0.4 is 0 Å². The minimum atomic E-state index is -0.732. The van der Waals surface area contributed by atoms with Crippen LogP contribution in [-0.4, -0.2) is 28.6 Å². The SMILES string of the molecule is CC=CCN1Cc2ccccc2CC1C(=O)O. The van der Waals surface area contributed by atoms with Crippen LogP contribution in [0.4, 0.5) is 0 Å². The van der Waals surface area contributed by atoms with E-state index in [9.17, 15) is 9.90 Å². The number of hydrogen-bond donors (Lipinski definition) is 1. The zero-order valence-electron chi connectivity index (χ0n) is 9.97. The molecule has 0 radical (unpaired) electrons. The summed E-state index contributed by atoms with van der Waals surface area (Å²) in [6.07, 6.45) is 4.56. The van der Waals surface area contributed by atoms with Gasteiger partial charge in [0.05, 0.1) is 0 Å². The molecule has 0 aromatic heterocycles. The van der Waals surface area contributed by atoms with E-state index in [4.69, 9.17) is 0 Å². The van der Waals surface area contributed by atoms with Gasteiger partial charge in [-0.3, -0.25) is 9.69 Å². The van der Waals surface area contributed by atoms with E-state index in [2.05, 4.69) is 6.07 Å². The maximum Gasteiger partial charge on any atom is 0.321 e. The lowest BCUT2D eigenvalue weighted by molar-refractivity contribution is -0.143. The van der Waals surface area contributed by atoms with Gasteiger partial charge < -0.3 is 5.11 Å². The summed E-state index contributed by atoms with van der Waals surface area (Å²) in [7, 11) is 0. The molecule has 1 N–H and O–H groups in total. The average molecular weight is 231 g/mol. The van der Waals surface area contributed by atoms with Crippen molar-refractivity contribution in [3.63, 3.8) is 0 Å². The molecule has 17 heavy (non-hydrogen) atoms. The quantitative estimate of drug-likeness (QED) is 0.810. The summed E-state index contributed by atoms with van der Waals surface area (Å²) in [5, 5.41) is 9.27. The molecule has 0 fully saturated rings. The smallest absolute Gasteiger partial charge is 0.321 e. The van der Waals surface area contributed by atoms with E-state index in [1.54, 1.807) is 0 Å². The molecule has 90 valence electrons. The number of carbonyl (C=O) groups is 1. The predicted molar refractivity (Wildman–Crippen MR) is 66.8 cm³/mol. The van der Waals surface area contributed by atoms with Gasteiger partial charge in [-0.1, -0.05) is 36.4 Å². The Kier molecular flexibility index (Phi) is 3.59. The number of aliphatic carboxylic acids is 1. The summed E-state index contributed by atoms with van der Waals surface area (Å²) in [5.41, 5.74) is 2.41. The first-order valence-corrected chi connectivity index (χ1v) is 5.87. The van der Waals surface area contributed by atoms with Gasteiger partial charge in [-0.2, -0.15) is 0 Å². The predicted octanol–water partition coefficient (Wildman–Crippen LogP) is 2.07.